The van der Waals surface area contributed by atoms with Gasteiger partial charge in [-0.2, -0.15) is 0 Å². The molecule has 0 saturated heterocycles. The van der Waals surface area contributed by atoms with E-state index < -0.39 is 17.4 Å². The van der Waals surface area contributed by atoms with Crippen LogP contribution in [-0.2, 0) is 9.59 Å². The summed E-state index contributed by atoms with van der Waals surface area (Å²) in [6.45, 7) is 0. The summed E-state index contributed by atoms with van der Waals surface area (Å²) < 4.78 is -0.0686. The van der Waals surface area contributed by atoms with Gasteiger partial charge in [0.15, 0.2) is 0 Å². The molecule has 0 aromatic rings. The molecule has 4 fully saturated rings. The van der Waals surface area contributed by atoms with Crippen molar-refractivity contribution in [1.29, 1.82) is 0 Å². The van der Waals surface area contributed by atoms with E-state index >= 15 is 0 Å². The van der Waals surface area contributed by atoms with E-state index in [1.807, 2.05) is 0 Å². The molecule has 0 aromatic heterocycles. The zero-order valence-corrected chi connectivity index (χ0v) is 11.0. The summed E-state index contributed by atoms with van der Waals surface area (Å²) in [5.41, 5.74) is -0.546. The van der Waals surface area contributed by atoms with Crippen molar-refractivity contribution in [3.63, 3.8) is 0 Å². The molecule has 4 saturated carbocycles. The van der Waals surface area contributed by atoms with Crippen LogP contribution in [0.2, 0.25) is 0 Å². The van der Waals surface area contributed by atoms with Crippen LogP contribution < -0.4 is 0 Å². The molecule has 4 nitrogen and oxygen atoms in total. The zero-order valence-electron chi connectivity index (χ0n) is 10.2. The van der Waals surface area contributed by atoms with E-state index in [9.17, 15) is 14.7 Å². The van der Waals surface area contributed by atoms with Crippen molar-refractivity contribution >= 4 is 23.7 Å². The fourth-order valence-electron chi connectivity index (χ4n) is 4.81. The Morgan fingerprint density at radius 2 is 1.72 bits per heavy atom. The summed E-state index contributed by atoms with van der Waals surface area (Å²) in [5, 5.41) is 18.4. The summed E-state index contributed by atoms with van der Waals surface area (Å²) in [6, 6.07) is 0. The summed E-state index contributed by atoms with van der Waals surface area (Å²) in [6.07, 6.45) is 5.51. The Kier molecular flexibility index (Phi) is 2.66. The van der Waals surface area contributed by atoms with Crippen LogP contribution in [0.25, 0.3) is 0 Å². The van der Waals surface area contributed by atoms with E-state index in [0.717, 1.165) is 32.1 Å². The van der Waals surface area contributed by atoms with E-state index in [2.05, 4.69) is 0 Å². The zero-order chi connectivity index (χ0) is 13.0. The predicted molar refractivity (Wildman–Crippen MR) is 67.6 cm³/mol. The van der Waals surface area contributed by atoms with Gasteiger partial charge < -0.3 is 10.2 Å². The van der Waals surface area contributed by atoms with Gasteiger partial charge in [-0.1, -0.05) is 0 Å². The molecule has 4 rings (SSSR count). The molecule has 100 valence electrons. The molecule has 2 N–H and O–H groups in total. The molecule has 0 aliphatic heterocycles. The third kappa shape index (κ3) is 1.83. The maximum atomic E-state index is 11.6. The minimum absolute atomic E-state index is 0.0686. The van der Waals surface area contributed by atoms with Crippen LogP contribution in [0, 0.1) is 17.3 Å². The van der Waals surface area contributed by atoms with Gasteiger partial charge in [0.05, 0.1) is 11.2 Å². The fraction of sp³-hybridized carbons (Fsp3) is 0.846. The number of thioether (sulfide) groups is 1. The minimum atomic E-state index is -0.792. The number of carboxylic acids is 2. The number of aliphatic carboxylic acids is 2. The lowest BCUT2D eigenvalue weighted by Gasteiger charge is -2.60. The van der Waals surface area contributed by atoms with E-state index in [1.54, 1.807) is 0 Å². The highest BCUT2D eigenvalue weighted by atomic mass is 32.2. The summed E-state index contributed by atoms with van der Waals surface area (Å²) >= 11 is 1.50. The summed E-state index contributed by atoms with van der Waals surface area (Å²) in [4.78, 5) is 22.4. The van der Waals surface area contributed by atoms with Gasteiger partial charge in [-0.15, -0.1) is 11.8 Å². The van der Waals surface area contributed by atoms with Crippen molar-refractivity contribution < 1.29 is 19.8 Å². The van der Waals surface area contributed by atoms with Crippen LogP contribution in [0.4, 0.5) is 0 Å². The molecule has 4 bridgehead atoms. The molecule has 5 heteroatoms. The van der Waals surface area contributed by atoms with Crippen LogP contribution in [0.3, 0.4) is 0 Å². The first kappa shape index (κ1) is 12.3. The number of rotatable bonds is 4. The average Bonchev–Trinajstić information content (AvgIpc) is 2.24. The Bertz CT molecular complexity index is 392. The van der Waals surface area contributed by atoms with Gasteiger partial charge >= 0.3 is 11.9 Å². The van der Waals surface area contributed by atoms with Crippen molar-refractivity contribution in [3.8, 4) is 0 Å². The number of carboxylic acid groups (broad SMARTS) is 2. The fourth-order valence-corrected chi connectivity index (χ4v) is 6.33. The van der Waals surface area contributed by atoms with Crippen molar-refractivity contribution in [2.24, 2.45) is 17.3 Å². The first-order valence-electron chi connectivity index (χ1n) is 6.52. The Labute approximate surface area is 110 Å². The van der Waals surface area contributed by atoms with Gasteiger partial charge in [0.1, 0.15) is 0 Å². The minimum Gasteiger partial charge on any atom is -0.481 e. The monoisotopic (exact) mass is 270 g/mol. The molecule has 4 aliphatic carbocycles. The number of hydrogen-bond donors (Lipinski definition) is 2. The molecule has 2 atom stereocenters. The topological polar surface area (TPSA) is 74.6 Å². The molecule has 0 unspecified atom stereocenters. The van der Waals surface area contributed by atoms with E-state index in [4.69, 9.17) is 5.11 Å². The van der Waals surface area contributed by atoms with Crippen molar-refractivity contribution in [3.05, 3.63) is 0 Å². The second-order valence-corrected chi connectivity index (χ2v) is 7.86. The predicted octanol–water partition coefficient (Wildman–Crippen LogP) is 2.23. The Hall–Kier alpha value is -0.710. The molecule has 0 spiro atoms. The van der Waals surface area contributed by atoms with Gasteiger partial charge in [0.2, 0.25) is 0 Å². The third-order valence-corrected chi connectivity index (χ3v) is 6.44. The van der Waals surface area contributed by atoms with Crippen molar-refractivity contribution in [2.45, 2.75) is 43.3 Å². The first-order valence-corrected chi connectivity index (χ1v) is 7.51. The Balaban J connectivity index is 1.85. The molecular formula is C13H18O4S. The van der Waals surface area contributed by atoms with Gasteiger partial charge in [0.25, 0.3) is 0 Å². The Morgan fingerprint density at radius 3 is 2.22 bits per heavy atom. The molecule has 0 heterocycles. The molecule has 18 heavy (non-hydrogen) atoms. The van der Waals surface area contributed by atoms with Gasteiger partial charge in [-0.3, -0.25) is 9.59 Å². The molecular weight excluding hydrogens is 252 g/mol. The lowest BCUT2D eigenvalue weighted by Crippen LogP contribution is -2.57. The van der Waals surface area contributed by atoms with Crippen LogP contribution in [0.5, 0.6) is 0 Å². The second kappa shape index (κ2) is 3.89. The third-order valence-electron chi connectivity index (χ3n) is 4.96. The second-order valence-electron chi connectivity index (χ2n) is 6.41. The number of hydrogen-bond acceptors (Lipinski definition) is 3. The lowest BCUT2D eigenvalue weighted by atomic mass is 9.49. The Morgan fingerprint density at radius 1 is 1.11 bits per heavy atom. The quantitative estimate of drug-likeness (QED) is 0.819. The highest BCUT2D eigenvalue weighted by Crippen LogP contribution is 2.65. The first-order chi connectivity index (χ1) is 8.43. The van der Waals surface area contributed by atoms with Crippen LogP contribution in [0.1, 0.15) is 38.5 Å². The van der Waals surface area contributed by atoms with Gasteiger partial charge in [-0.05, 0) is 50.4 Å². The maximum Gasteiger partial charge on any atom is 0.313 e. The molecule has 4 aliphatic rings. The normalized spacial score (nSPS) is 45.1. The SMILES string of the molecule is O=C(O)CSC12C[C@H]3C[C@H](C1)CC(C(=O)O)(C3)C2. The summed E-state index contributed by atoms with van der Waals surface area (Å²) in [7, 11) is 0. The molecule has 0 aromatic carbocycles. The standard InChI is InChI=1S/C13H18O4S/c14-10(15)6-18-13-4-8-1-9(5-13)3-12(2-8,7-13)11(16)17/h8-9H,1-7H2,(H,14,15)(H,16,17)/t8-,9-,12?,13?/m0/s1. The van der Waals surface area contributed by atoms with Crippen LogP contribution in [0.15, 0.2) is 0 Å². The van der Waals surface area contributed by atoms with Crippen molar-refractivity contribution in [1.82, 2.24) is 0 Å². The van der Waals surface area contributed by atoms with Crippen LogP contribution in [-0.4, -0.2) is 32.7 Å². The largest absolute Gasteiger partial charge is 0.481 e. The average molecular weight is 270 g/mol. The van der Waals surface area contributed by atoms with Gasteiger partial charge in [-0.25, -0.2) is 0 Å². The van der Waals surface area contributed by atoms with E-state index in [-0.39, 0.29) is 10.5 Å². The number of carbonyl (C=O) groups is 2. The van der Waals surface area contributed by atoms with Crippen molar-refractivity contribution in [2.75, 3.05) is 5.75 Å². The highest BCUT2D eigenvalue weighted by Gasteiger charge is 2.61. The van der Waals surface area contributed by atoms with E-state index in [0.29, 0.717) is 18.3 Å². The smallest absolute Gasteiger partial charge is 0.313 e. The molecule has 0 radical (unpaired) electrons. The van der Waals surface area contributed by atoms with Gasteiger partial charge in [0, 0.05) is 4.75 Å². The summed E-state index contributed by atoms with van der Waals surface area (Å²) in [5.74, 6) is -0.334. The van der Waals surface area contributed by atoms with Crippen LogP contribution >= 0.6 is 11.8 Å². The molecule has 0 amide bonds. The maximum absolute atomic E-state index is 11.6. The lowest BCUT2D eigenvalue weighted by molar-refractivity contribution is -0.162. The highest BCUT2D eigenvalue weighted by molar-refractivity contribution is 8.01. The van der Waals surface area contributed by atoms with E-state index in [1.165, 1.54) is 11.8 Å².